The summed E-state index contributed by atoms with van der Waals surface area (Å²) >= 11 is 0. The molecule has 0 aliphatic carbocycles. The first-order valence-corrected chi connectivity index (χ1v) is 4.48. The van der Waals surface area contributed by atoms with Crippen molar-refractivity contribution in [2.24, 2.45) is 5.92 Å². The van der Waals surface area contributed by atoms with Gasteiger partial charge in [-0.1, -0.05) is 6.08 Å². The summed E-state index contributed by atoms with van der Waals surface area (Å²) in [5.74, 6) is 0.562. The Hall–Kier alpha value is -1.03. The van der Waals surface area contributed by atoms with E-state index in [1.165, 1.54) is 7.11 Å². The number of piperidine rings is 1. The molecule has 0 spiro atoms. The van der Waals surface area contributed by atoms with Crippen molar-refractivity contribution in [1.82, 2.24) is 10.4 Å². The van der Waals surface area contributed by atoms with Crippen LogP contribution in [0.1, 0.15) is 12.8 Å². The third kappa shape index (κ3) is 2.73. The van der Waals surface area contributed by atoms with Gasteiger partial charge in [-0.2, -0.15) is 0 Å². The fourth-order valence-corrected chi connectivity index (χ4v) is 1.49. The molecule has 13 heavy (non-hydrogen) atoms. The molecule has 1 heterocycles. The number of hydroxylamine groups is 1. The SMILES string of the molecule is C=CC1CCN(C(=O)NOC)CC1. The molecule has 0 bridgehead atoms. The van der Waals surface area contributed by atoms with Crippen molar-refractivity contribution in [2.45, 2.75) is 12.8 Å². The van der Waals surface area contributed by atoms with Crippen molar-refractivity contribution in [3.8, 4) is 0 Å². The third-order valence-corrected chi connectivity index (χ3v) is 2.35. The standard InChI is InChI=1S/C9H16N2O2/c1-3-8-4-6-11(7-5-8)9(12)10-13-2/h3,8H,1,4-7H2,2H3,(H,10,12). The fourth-order valence-electron chi connectivity index (χ4n) is 1.49. The first-order valence-electron chi connectivity index (χ1n) is 4.48. The second-order valence-electron chi connectivity index (χ2n) is 3.17. The predicted octanol–water partition coefficient (Wildman–Crippen LogP) is 1.16. The van der Waals surface area contributed by atoms with Crippen LogP contribution in [0.4, 0.5) is 4.79 Å². The number of amides is 2. The van der Waals surface area contributed by atoms with Crippen molar-refractivity contribution in [2.75, 3.05) is 20.2 Å². The average molecular weight is 184 g/mol. The molecule has 0 atom stereocenters. The molecule has 0 unspecified atom stereocenters. The Bertz CT molecular complexity index is 186. The molecule has 0 saturated carbocycles. The van der Waals surface area contributed by atoms with Gasteiger partial charge in [0.2, 0.25) is 0 Å². The molecule has 0 aromatic heterocycles. The summed E-state index contributed by atoms with van der Waals surface area (Å²) in [7, 11) is 1.44. The number of hydrogen-bond acceptors (Lipinski definition) is 2. The van der Waals surface area contributed by atoms with E-state index in [1.54, 1.807) is 4.90 Å². The quantitative estimate of drug-likeness (QED) is 0.516. The smallest absolute Gasteiger partial charge is 0.323 e. The number of likely N-dealkylation sites (tertiary alicyclic amines) is 1. The summed E-state index contributed by atoms with van der Waals surface area (Å²) in [5.41, 5.74) is 2.31. The highest BCUT2D eigenvalue weighted by molar-refractivity contribution is 5.73. The summed E-state index contributed by atoms with van der Waals surface area (Å²) in [6.45, 7) is 5.31. The maximum atomic E-state index is 11.3. The van der Waals surface area contributed by atoms with Crippen molar-refractivity contribution in [3.63, 3.8) is 0 Å². The van der Waals surface area contributed by atoms with E-state index in [1.807, 2.05) is 6.08 Å². The molecule has 2 amide bonds. The second-order valence-corrected chi connectivity index (χ2v) is 3.17. The number of carbonyl (C=O) groups excluding carboxylic acids is 1. The maximum Gasteiger partial charge on any atom is 0.341 e. The Morgan fingerprint density at radius 3 is 2.69 bits per heavy atom. The molecule has 0 aromatic rings. The van der Waals surface area contributed by atoms with Gasteiger partial charge >= 0.3 is 6.03 Å². The number of allylic oxidation sites excluding steroid dienone is 1. The van der Waals surface area contributed by atoms with E-state index in [0.29, 0.717) is 5.92 Å². The fraction of sp³-hybridized carbons (Fsp3) is 0.667. The Balaban J connectivity index is 2.31. The lowest BCUT2D eigenvalue weighted by atomic mass is 9.97. The zero-order valence-corrected chi connectivity index (χ0v) is 7.95. The van der Waals surface area contributed by atoms with E-state index in [0.717, 1.165) is 25.9 Å². The van der Waals surface area contributed by atoms with Crippen LogP contribution in [0.5, 0.6) is 0 Å². The Kier molecular flexibility index (Phi) is 3.76. The van der Waals surface area contributed by atoms with Gasteiger partial charge in [-0.05, 0) is 18.8 Å². The van der Waals surface area contributed by atoms with Crippen LogP contribution < -0.4 is 5.48 Å². The summed E-state index contributed by atoms with van der Waals surface area (Å²) in [4.78, 5) is 17.6. The maximum absolute atomic E-state index is 11.3. The second kappa shape index (κ2) is 4.87. The molecule has 4 nitrogen and oxygen atoms in total. The van der Waals surface area contributed by atoms with E-state index in [4.69, 9.17) is 0 Å². The van der Waals surface area contributed by atoms with Gasteiger partial charge in [0, 0.05) is 13.1 Å². The number of hydrogen-bond donors (Lipinski definition) is 1. The van der Waals surface area contributed by atoms with Crippen LogP contribution in [-0.4, -0.2) is 31.1 Å². The highest BCUT2D eigenvalue weighted by atomic mass is 16.6. The Morgan fingerprint density at radius 1 is 1.62 bits per heavy atom. The lowest BCUT2D eigenvalue weighted by Crippen LogP contribution is -2.43. The van der Waals surface area contributed by atoms with Crippen LogP contribution in [0.3, 0.4) is 0 Å². The minimum absolute atomic E-state index is 0.148. The Morgan fingerprint density at radius 2 is 2.23 bits per heavy atom. The van der Waals surface area contributed by atoms with Gasteiger partial charge < -0.3 is 4.90 Å². The number of nitrogens with zero attached hydrogens (tertiary/aromatic N) is 1. The largest absolute Gasteiger partial charge is 0.341 e. The van der Waals surface area contributed by atoms with Crippen LogP contribution in [0.25, 0.3) is 0 Å². The van der Waals surface area contributed by atoms with Gasteiger partial charge in [-0.25, -0.2) is 10.3 Å². The minimum Gasteiger partial charge on any atom is -0.323 e. The van der Waals surface area contributed by atoms with E-state index in [-0.39, 0.29) is 6.03 Å². The summed E-state index contributed by atoms with van der Waals surface area (Å²) < 4.78 is 0. The lowest BCUT2D eigenvalue weighted by molar-refractivity contribution is 0.0809. The van der Waals surface area contributed by atoms with E-state index in [2.05, 4.69) is 16.9 Å². The van der Waals surface area contributed by atoms with E-state index < -0.39 is 0 Å². The predicted molar refractivity (Wildman–Crippen MR) is 50.0 cm³/mol. The van der Waals surface area contributed by atoms with Crippen LogP contribution in [0, 0.1) is 5.92 Å². The minimum atomic E-state index is -0.148. The number of nitrogens with one attached hydrogen (secondary N) is 1. The van der Waals surface area contributed by atoms with Crippen molar-refractivity contribution >= 4 is 6.03 Å². The number of rotatable bonds is 2. The molecule has 1 aliphatic heterocycles. The first kappa shape index (κ1) is 10.1. The first-order chi connectivity index (χ1) is 6.27. The van der Waals surface area contributed by atoms with E-state index >= 15 is 0 Å². The number of urea groups is 1. The summed E-state index contributed by atoms with van der Waals surface area (Å²) in [6, 6.07) is -0.148. The molecule has 74 valence electrons. The van der Waals surface area contributed by atoms with Gasteiger partial charge in [-0.3, -0.25) is 4.84 Å². The molecule has 1 rings (SSSR count). The van der Waals surface area contributed by atoms with Crippen LogP contribution in [0.15, 0.2) is 12.7 Å². The van der Waals surface area contributed by atoms with E-state index in [9.17, 15) is 4.79 Å². The van der Waals surface area contributed by atoms with Gasteiger partial charge in [0.25, 0.3) is 0 Å². The van der Waals surface area contributed by atoms with Gasteiger partial charge in [0.1, 0.15) is 0 Å². The van der Waals surface area contributed by atoms with Crippen molar-refractivity contribution < 1.29 is 9.63 Å². The highest BCUT2D eigenvalue weighted by Gasteiger charge is 2.20. The molecule has 1 aliphatic rings. The summed E-state index contributed by atoms with van der Waals surface area (Å²) in [6.07, 6.45) is 3.97. The van der Waals surface area contributed by atoms with Gasteiger partial charge in [0.15, 0.2) is 0 Å². The van der Waals surface area contributed by atoms with Crippen LogP contribution in [0.2, 0.25) is 0 Å². The van der Waals surface area contributed by atoms with Crippen molar-refractivity contribution in [3.05, 3.63) is 12.7 Å². The normalized spacial score (nSPS) is 18.4. The van der Waals surface area contributed by atoms with Gasteiger partial charge in [-0.15, -0.1) is 6.58 Å². The molecular weight excluding hydrogens is 168 g/mol. The zero-order valence-electron chi connectivity index (χ0n) is 7.95. The molecule has 1 saturated heterocycles. The topological polar surface area (TPSA) is 41.6 Å². The molecule has 1 N–H and O–H groups in total. The highest BCUT2D eigenvalue weighted by Crippen LogP contribution is 2.17. The number of carbonyl (C=O) groups is 1. The molecule has 4 heteroatoms. The average Bonchev–Trinajstić information content (AvgIpc) is 2.18. The summed E-state index contributed by atoms with van der Waals surface area (Å²) in [5, 5.41) is 0. The molecular formula is C9H16N2O2. The van der Waals surface area contributed by atoms with Crippen molar-refractivity contribution in [1.29, 1.82) is 0 Å². The molecule has 0 radical (unpaired) electrons. The lowest BCUT2D eigenvalue weighted by Gasteiger charge is -2.30. The van der Waals surface area contributed by atoms with Crippen LogP contribution in [-0.2, 0) is 4.84 Å². The Labute approximate surface area is 78.5 Å². The zero-order chi connectivity index (χ0) is 9.68. The molecule has 1 fully saturated rings. The third-order valence-electron chi connectivity index (χ3n) is 2.35. The van der Waals surface area contributed by atoms with Gasteiger partial charge in [0.05, 0.1) is 7.11 Å². The monoisotopic (exact) mass is 184 g/mol. The molecule has 0 aromatic carbocycles. The van der Waals surface area contributed by atoms with Crippen LogP contribution >= 0.6 is 0 Å².